The van der Waals surface area contributed by atoms with E-state index in [9.17, 15) is 183 Å². The highest BCUT2D eigenvalue weighted by atomic mass is 16.8. The second-order valence-electron chi connectivity index (χ2n) is 36.6. The molecular formula is C80H134N4O59. The summed E-state index contributed by atoms with van der Waals surface area (Å²) in [7, 11) is 0. The lowest BCUT2D eigenvalue weighted by Crippen LogP contribution is -2.71. The summed E-state index contributed by atoms with van der Waals surface area (Å²) < 4.78 is 138. The van der Waals surface area contributed by atoms with E-state index in [4.69, 9.17) is 109 Å². The van der Waals surface area contributed by atoms with Crippen LogP contribution in [-0.2, 0) is 128 Å². The van der Waals surface area contributed by atoms with Gasteiger partial charge in [-0.1, -0.05) is 0 Å². The third kappa shape index (κ3) is 25.8. The van der Waals surface area contributed by atoms with Crippen molar-refractivity contribution in [2.45, 2.75) is 410 Å². The number of aliphatic hydroxyl groups is 32. The van der Waals surface area contributed by atoms with Crippen molar-refractivity contribution in [3.63, 3.8) is 0 Å². The van der Waals surface area contributed by atoms with Gasteiger partial charge in [-0.2, -0.15) is 0 Å². The van der Waals surface area contributed by atoms with Crippen molar-refractivity contribution >= 4 is 23.6 Å². The summed E-state index contributed by atoms with van der Waals surface area (Å²) in [4.78, 5) is 52.5. The first kappa shape index (κ1) is 117. The molecule has 0 bridgehead atoms. The standard InChI is InChI=1S/C80H134N4O59/c1-17-37(97)49(109)55(115)73(123-17)121-16-32-63(45(105)33(69(120)125-32)81-19(3)93)135-70-34(82-20(4)94)46(106)61(29(13-91)131-70)137-77-59(119)64(44(104)31(134-77)15-122-78-66(53(113)41(101)25(9-87)128-78)141-71-35(83-21(5)95)47(107)60(28(12-90)132-71)136-75-57(117)51(111)39(99)23(7-85)126-75)139-79-67(54(114)42(102)26(10-88)129-79)142-72-36(84-22(6)96)48(108)62(30(14-92)133-72)138-80-68(143-74-56(116)50(110)38(98)18(2)124-74)65(43(103)27(11-89)130-80)140-76-58(118)52(112)40(100)24(8-86)127-76/h17-18,23-80,85-92,97-120H,7-16H2,1-6H3,(H,81,93)(H,82,94)(H,83,95)(H,84,96)/t17-,18-,23+,24+,25+,26+,27+,28+,29+,30+,31+,32+,33+,34+,35+,36+,37+,38+,39-,40-,41+,42+,43-,44+,45+,46+,47+,48+,49+,50+,51-,52-,53-,54-,55-,56-,57+,58+,59-,60+,61+,62+,63+,64-,65-,66-,67-,68+,69+,70-,71-,72-,73+,74-,75-,76+,77-,78-,79+,80-/m0/s1. The van der Waals surface area contributed by atoms with E-state index in [0.29, 0.717) is 0 Å². The van der Waals surface area contributed by atoms with E-state index in [2.05, 4.69) is 21.3 Å². The third-order valence-corrected chi connectivity index (χ3v) is 26.6. The number of aliphatic hydroxyl groups excluding tert-OH is 32. The van der Waals surface area contributed by atoms with E-state index < -0.39 is 458 Å². The molecule has 0 aliphatic carbocycles. The number of carbonyl (C=O) groups is 4. The largest absolute Gasteiger partial charge is 0.394 e. The molecule has 0 aromatic carbocycles. The van der Waals surface area contributed by atoms with Gasteiger partial charge < -0.3 is 294 Å². The maximum absolute atomic E-state index is 13.5. The van der Waals surface area contributed by atoms with Gasteiger partial charge in [-0.05, 0) is 13.8 Å². The Morgan fingerprint density at radius 1 is 0.196 bits per heavy atom. The van der Waals surface area contributed by atoms with Crippen molar-refractivity contribution in [2.75, 3.05) is 66.1 Å². The number of carbonyl (C=O) groups excluding carboxylic acids is 4. The Labute approximate surface area is 809 Å². The number of rotatable bonds is 36. The Hall–Kier alpha value is -4.32. The monoisotopic (exact) mass is 2090 g/mol. The van der Waals surface area contributed by atoms with Gasteiger partial charge in [-0.25, -0.2) is 0 Å². The Balaban J connectivity index is 0.878. The van der Waals surface area contributed by atoms with Gasteiger partial charge in [0, 0.05) is 27.7 Å². The number of hydrogen-bond donors (Lipinski definition) is 36. The fraction of sp³-hybridized carbons (Fsp3) is 0.950. The van der Waals surface area contributed by atoms with Crippen molar-refractivity contribution in [1.29, 1.82) is 0 Å². The molecule has 12 aliphatic heterocycles. The van der Waals surface area contributed by atoms with Crippen LogP contribution in [0.1, 0.15) is 41.5 Å². The van der Waals surface area contributed by atoms with Crippen molar-refractivity contribution < 1.29 is 292 Å². The lowest BCUT2D eigenvalue weighted by Gasteiger charge is -2.52. The van der Waals surface area contributed by atoms with Gasteiger partial charge in [0.2, 0.25) is 23.6 Å². The molecule has 828 valence electrons. The van der Waals surface area contributed by atoms with Gasteiger partial charge in [-0.15, -0.1) is 0 Å². The van der Waals surface area contributed by atoms with Crippen LogP contribution in [0.2, 0.25) is 0 Å². The van der Waals surface area contributed by atoms with Crippen molar-refractivity contribution in [3.8, 4) is 0 Å². The molecule has 4 amide bonds. The first-order valence-corrected chi connectivity index (χ1v) is 45.9. The molecule has 0 aromatic heterocycles. The van der Waals surface area contributed by atoms with Crippen molar-refractivity contribution in [3.05, 3.63) is 0 Å². The maximum Gasteiger partial charge on any atom is 0.217 e. The van der Waals surface area contributed by atoms with Gasteiger partial charge in [0.05, 0.1) is 78.3 Å². The molecule has 143 heavy (non-hydrogen) atoms. The van der Waals surface area contributed by atoms with E-state index in [1.54, 1.807) is 0 Å². The molecule has 0 saturated carbocycles. The molecule has 0 unspecified atom stereocenters. The summed E-state index contributed by atoms with van der Waals surface area (Å²) in [5.41, 5.74) is 0. The average Bonchev–Trinajstić information content (AvgIpc) is 0.759. The van der Waals surface area contributed by atoms with Crippen LogP contribution >= 0.6 is 0 Å². The summed E-state index contributed by atoms with van der Waals surface area (Å²) in [6.07, 6.45) is -119. The highest BCUT2D eigenvalue weighted by Gasteiger charge is 2.64. The first-order chi connectivity index (χ1) is 67.6. The molecule has 0 spiro atoms. The number of nitrogens with one attached hydrogen (secondary N) is 4. The second-order valence-corrected chi connectivity index (χ2v) is 36.6. The lowest BCUT2D eigenvalue weighted by molar-refractivity contribution is -0.408. The molecular weight excluding hydrogens is 1960 g/mol. The second kappa shape index (κ2) is 51.0. The van der Waals surface area contributed by atoms with Crippen LogP contribution < -0.4 is 21.3 Å². The quantitative estimate of drug-likeness (QED) is 0.0277. The number of ether oxygens (including phenoxy) is 23. The van der Waals surface area contributed by atoms with E-state index in [0.717, 1.165) is 27.7 Å². The van der Waals surface area contributed by atoms with Crippen LogP contribution in [0.4, 0.5) is 0 Å². The normalized spacial score (nSPS) is 50.7. The zero-order valence-corrected chi connectivity index (χ0v) is 77.0. The van der Waals surface area contributed by atoms with Gasteiger partial charge in [0.25, 0.3) is 0 Å². The molecule has 63 nitrogen and oxygen atoms in total. The van der Waals surface area contributed by atoms with E-state index in [1.165, 1.54) is 13.8 Å². The van der Waals surface area contributed by atoms with Crippen LogP contribution in [0.15, 0.2) is 0 Å². The summed E-state index contributed by atoms with van der Waals surface area (Å²) in [6.45, 7) is -5.53. The van der Waals surface area contributed by atoms with E-state index in [-0.39, 0.29) is 0 Å². The highest BCUT2D eigenvalue weighted by Crippen LogP contribution is 2.43. The predicted molar refractivity (Wildman–Crippen MR) is 439 cm³/mol. The van der Waals surface area contributed by atoms with Crippen LogP contribution in [-0.4, -0.2) is 621 Å². The SMILES string of the molecule is CC(=O)N[C@@H]1[C@@H](O)[C@H](O[C@@H]2O[C@H](CO)[C@@H](O[C@@H]3O[C@H](CO[C@H]4O[C@H](CO)[C@@H](O)[C@H](O)[C@@H]4O[C@@H]4O[C@H](CO)[C@@H](O[C@@H]5O[C@H](CO)[C@H](O)[C@H](O)[C@H]5O)[C@H](O)[C@H]4NC(C)=O)[C@@H](O)[C@H](O[C@H]4O[C@H](CO)[C@@H](O)[C@H](O)[C@@H]4O[C@@H]4O[C@H](CO)[C@@H](O[C@@H]5O[C@H](CO)[C@H](O)[C@H](O[C@H]6O[C@H](CO)[C@H](O)[C@H](O)[C@H]6O)[C@H]5O[C@@H]5O[C@@H](C)[C@@H](O)[C@@H](O)[C@@H]5O)[C@H](O)[C@H]4NC(C)=O)[C@@H]3O)[C@H](O)[C@H]2NC(C)=O)[C@@H](CO[C@@H]2O[C@@H](C)[C@@H](O)[C@@H](O)[C@@H]2O)O[C@H]1O. The van der Waals surface area contributed by atoms with Crippen LogP contribution in [0, 0.1) is 0 Å². The fourth-order valence-corrected chi connectivity index (χ4v) is 18.7. The third-order valence-electron chi connectivity index (χ3n) is 26.6. The molecule has 63 heteroatoms. The molecule has 60 atom stereocenters. The lowest BCUT2D eigenvalue weighted by atomic mass is 9.93. The minimum Gasteiger partial charge on any atom is -0.394 e. The van der Waals surface area contributed by atoms with Crippen LogP contribution in [0.3, 0.4) is 0 Å². The van der Waals surface area contributed by atoms with Crippen molar-refractivity contribution in [1.82, 2.24) is 21.3 Å². The Bertz CT molecular complexity index is 3960. The zero-order valence-electron chi connectivity index (χ0n) is 77.0. The van der Waals surface area contributed by atoms with E-state index >= 15 is 0 Å². The molecule has 12 fully saturated rings. The van der Waals surface area contributed by atoms with Crippen LogP contribution in [0.25, 0.3) is 0 Å². The van der Waals surface area contributed by atoms with Gasteiger partial charge in [0.1, 0.15) is 281 Å². The number of amides is 4. The number of hydrogen-bond acceptors (Lipinski definition) is 59. The predicted octanol–water partition coefficient (Wildman–Crippen LogP) is -24.5. The first-order valence-electron chi connectivity index (χ1n) is 45.9. The zero-order chi connectivity index (χ0) is 105. The molecule has 12 saturated heterocycles. The summed E-state index contributed by atoms with van der Waals surface area (Å²) in [5, 5.41) is 371. The Morgan fingerprint density at radius 3 is 0.846 bits per heavy atom. The maximum atomic E-state index is 13.5. The summed E-state index contributed by atoms with van der Waals surface area (Å²) in [6, 6.07) is -8.03. The molecule has 36 N–H and O–H groups in total. The topological polar surface area (TPSA) is 976 Å². The molecule has 12 rings (SSSR count). The Kier molecular flexibility index (Phi) is 41.8. The minimum absolute atomic E-state index is 0.859. The molecule has 0 radical (unpaired) electrons. The van der Waals surface area contributed by atoms with Gasteiger partial charge >= 0.3 is 0 Å². The fourth-order valence-electron chi connectivity index (χ4n) is 18.7. The smallest absolute Gasteiger partial charge is 0.217 e. The molecule has 12 aliphatic rings. The highest BCUT2D eigenvalue weighted by molar-refractivity contribution is 5.74. The summed E-state index contributed by atoms with van der Waals surface area (Å²) in [5.74, 6) is -3.96. The van der Waals surface area contributed by atoms with E-state index in [1.807, 2.05) is 0 Å². The summed E-state index contributed by atoms with van der Waals surface area (Å²) >= 11 is 0. The average molecular weight is 2100 g/mol. The minimum atomic E-state index is -2.72. The van der Waals surface area contributed by atoms with Crippen molar-refractivity contribution in [2.24, 2.45) is 0 Å². The van der Waals surface area contributed by atoms with Gasteiger partial charge in [0.15, 0.2) is 75.5 Å². The molecule has 0 aromatic rings. The van der Waals surface area contributed by atoms with Gasteiger partial charge in [-0.3, -0.25) is 19.2 Å². The van der Waals surface area contributed by atoms with Crippen LogP contribution in [0.5, 0.6) is 0 Å². The Morgan fingerprint density at radius 2 is 0.441 bits per heavy atom. The molecule has 12 heterocycles.